The Hall–Kier alpha value is -3.15. The van der Waals surface area contributed by atoms with Gasteiger partial charge < -0.3 is 14.2 Å². The molecule has 6 heteroatoms. The van der Waals surface area contributed by atoms with E-state index < -0.39 is 6.10 Å². The average molecular weight is 1060 g/mol. The number of unbranched alkanes of at least 4 members (excludes halogenated alkanes) is 37. The van der Waals surface area contributed by atoms with Gasteiger partial charge in [-0.2, -0.15) is 0 Å². The Balaban J connectivity index is 4.41. The number of carbonyl (C=O) groups excluding carboxylic acids is 3. The molecule has 0 N–H and O–H groups in total. The molecule has 440 valence electrons. The Labute approximate surface area is 472 Å². The molecule has 0 aliphatic carbocycles. The second-order valence-electron chi connectivity index (χ2n) is 22.0. The Bertz CT molecular complexity index is 1400. The molecule has 0 radical (unpaired) electrons. The summed E-state index contributed by atoms with van der Waals surface area (Å²) in [7, 11) is 0. The van der Waals surface area contributed by atoms with Gasteiger partial charge in [0.25, 0.3) is 0 Å². The lowest BCUT2D eigenvalue weighted by atomic mass is 10.1. The summed E-state index contributed by atoms with van der Waals surface area (Å²) < 4.78 is 17.0. The van der Waals surface area contributed by atoms with Crippen LogP contribution in [0.2, 0.25) is 0 Å². The Kier molecular flexibility index (Phi) is 61.7. The number of ether oxygens (including phenoxy) is 3. The number of allylic oxidation sites excluding steroid dienone is 12. The number of hydrogen-bond acceptors (Lipinski definition) is 6. The van der Waals surface area contributed by atoms with Crippen molar-refractivity contribution in [2.45, 2.75) is 341 Å². The Morgan fingerprint density at radius 1 is 0.263 bits per heavy atom. The Morgan fingerprint density at radius 3 is 0.763 bits per heavy atom. The fraction of sp³-hybridized carbons (Fsp3) is 0.786. The van der Waals surface area contributed by atoms with E-state index in [9.17, 15) is 14.4 Å². The number of carbonyl (C=O) groups is 3. The van der Waals surface area contributed by atoms with E-state index >= 15 is 0 Å². The van der Waals surface area contributed by atoms with Crippen LogP contribution in [0, 0.1) is 0 Å². The topological polar surface area (TPSA) is 78.9 Å². The molecule has 0 aliphatic heterocycles. The molecule has 0 rings (SSSR count). The standard InChI is InChI=1S/C70H124O6/c1-4-7-10-13-16-19-22-25-28-31-34-35-37-39-42-45-48-51-54-57-60-63-69(72)75-66-67(65-74-68(71)62-59-56-53-50-47-44-41-38-33-30-27-24-21-18-15-12-9-6-3)76-70(73)64-61-58-55-52-49-46-43-40-36-32-29-26-23-20-17-14-11-8-5-2/h21-22,24-26,29-31,33-34,37,39,67H,4-20,23,27-28,32,35-36,38,40-66H2,1-3H3/b24-21-,25-22-,29-26-,33-30-,34-31-,39-37-. The predicted octanol–water partition coefficient (Wildman–Crippen LogP) is 22.5. The van der Waals surface area contributed by atoms with Gasteiger partial charge in [0, 0.05) is 19.3 Å². The van der Waals surface area contributed by atoms with E-state index in [0.717, 1.165) is 89.9 Å². The predicted molar refractivity (Wildman–Crippen MR) is 330 cm³/mol. The molecule has 1 unspecified atom stereocenters. The van der Waals surface area contributed by atoms with E-state index in [1.807, 2.05) is 0 Å². The molecule has 0 aliphatic rings. The first-order valence-electron chi connectivity index (χ1n) is 32.9. The maximum absolute atomic E-state index is 12.9. The molecule has 0 aromatic carbocycles. The van der Waals surface area contributed by atoms with Gasteiger partial charge in [0.2, 0.25) is 0 Å². The Morgan fingerprint density at radius 2 is 0.474 bits per heavy atom. The zero-order valence-corrected chi connectivity index (χ0v) is 50.5. The summed E-state index contributed by atoms with van der Waals surface area (Å²) in [4.78, 5) is 38.4. The highest BCUT2D eigenvalue weighted by Gasteiger charge is 2.19. The summed E-state index contributed by atoms with van der Waals surface area (Å²) in [6.07, 6.45) is 83.3. The van der Waals surface area contributed by atoms with Gasteiger partial charge in [-0.15, -0.1) is 0 Å². The second-order valence-corrected chi connectivity index (χ2v) is 22.0. The van der Waals surface area contributed by atoms with Crippen LogP contribution >= 0.6 is 0 Å². The lowest BCUT2D eigenvalue weighted by Gasteiger charge is -2.18. The van der Waals surface area contributed by atoms with Crippen molar-refractivity contribution in [2.24, 2.45) is 0 Å². The van der Waals surface area contributed by atoms with Gasteiger partial charge in [-0.1, -0.05) is 273 Å². The van der Waals surface area contributed by atoms with Crippen LogP contribution in [0.5, 0.6) is 0 Å². The third-order valence-corrected chi connectivity index (χ3v) is 14.4. The number of hydrogen-bond donors (Lipinski definition) is 0. The van der Waals surface area contributed by atoms with Gasteiger partial charge in [-0.05, 0) is 116 Å². The molecule has 0 aromatic rings. The molecule has 0 spiro atoms. The quantitative estimate of drug-likeness (QED) is 0.0261. The fourth-order valence-corrected chi connectivity index (χ4v) is 9.42. The maximum Gasteiger partial charge on any atom is 0.306 e. The highest BCUT2D eigenvalue weighted by Crippen LogP contribution is 2.16. The van der Waals surface area contributed by atoms with Crippen molar-refractivity contribution < 1.29 is 28.6 Å². The van der Waals surface area contributed by atoms with Crippen LogP contribution in [0.1, 0.15) is 335 Å². The fourth-order valence-electron chi connectivity index (χ4n) is 9.42. The van der Waals surface area contributed by atoms with Crippen molar-refractivity contribution in [2.75, 3.05) is 13.2 Å². The SMILES string of the molecule is CCCCCC/C=C\C/C=C\CCCCCCCCCC(=O)OCC(COC(=O)CCCCCCCC/C=C\C/C=C\C/C=C\CCCCCCC)OC(=O)CCCCCCCCCCC/C=C\CCCCCCCC. The molecule has 0 aromatic heterocycles. The molecular weight excluding hydrogens is 937 g/mol. The first-order valence-corrected chi connectivity index (χ1v) is 32.9. The van der Waals surface area contributed by atoms with Gasteiger partial charge in [0.1, 0.15) is 13.2 Å². The third-order valence-electron chi connectivity index (χ3n) is 14.4. The molecule has 0 bridgehead atoms. The zero-order valence-electron chi connectivity index (χ0n) is 50.5. The lowest BCUT2D eigenvalue weighted by molar-refractivity contribution is -0.167. The van der Waals surface area contributed by atoms with Crippen LogP contribution in [0.15, 0.2) is 72.9 Å². The average Bonchev–Trinajstić information content (AvgIpc) is 3.42. The van der Waals surface area contributed by atoms with E-state index in [4.69, 9.17) is 14.2 Å². The summed E-state index contributed by atoms with van der Waals surface area (Å²) in [5.41, 5.74) is 0. The third kappa shape index (κ3) is 61.7. The molecule has 0 heterocycles. The van der Waals surface area contributed by atoms with Crippen LogP contribution in [-0.4, -0.2) is 37.2 Å². The largest absolute Gasteiger partial charge is 0.462 e. The summed E-state index contributed by atoms with van der Waals surface area (Å²) in [5, 5.41) is 0. The minimum absolute atomic E-state index is 0.0834. The minimum Gasteiger partial charge on any atom is -0.462 e. The van der Waals surface area contributed by atoms with Crippen LogP contribution in [0.25, 0.3) is 0 Å². The van der Waals surface area contributed by atoms with Gasteiger partial charge in [0.15, 0.2) is 6.10 Å². The van der Waals surface area contributed by atoms with Crippen molar-refractivity contribution >= 4 is 17.9 Å². The molecule has 76 heavy (non-hydrogen) atoms. The first-order chi connectivity index (χ1) is 37.5. The van der Waals surface area contributed by atoms with Crippen molar-refractivity contribution in [1.29, 1.82) is 0 Å². The summed E-state index contributed by atoms with van der Waals surface area (Å²) in [6.45, 7) is 6.63. The molecule has 0 fully saturated rings. The van der Waals surface area contributed by atoms with Crippen LogP contribution in [0.4, 0.5) is 0 Å². The van der Waals surface area contributed by atoms with Gasteiger partial charge >= 0.3 is 17.9 Å². The second kappa shape index (κ2) is 64.4. The summed E-state index contributed by atoms with van der Waals surface area (Å²) >= 11 is 0. The zero-order chi connectivity index (χ0) is 55.0. The molecule has 0 amide bonds. The monoisotopic (exact) mass is 1060 g/mol. The minimum atomic E-state index is -0.787. The van der Waals surface area contributed by atoms with Crippen LogP contribution in [0.3, 0.4) is 0 Å². The van der Waals surface area contributed by atoms with Gasteiger partial charge in [-0.25, -0.2) is 0 Å². The van der Waals surface area contributed by atoms with E-state index in [1.165, 1.54) is 205 Å². The molecular formula is C70H124O6. The number of esters is 3. The normalized spacial score (nSPS) is 12.5. The van der Waals surface area contributed by atoms with E-state index in [2.05, 4.69) is 93.7 Å². The number of rotatable bonds is 60. The molecule has 1 atom stereocenters. The summed E-state index contributed by atoms with van der Waals surface area (Å²) in [5.74, 6) is -0.889. The van der Waals surface area contributed by atoms with Crippen molar-refractivity contribution in [3.8, 4) is 0 Å². The van der Waals surface area contributed by atoms with Crippen LogP contribution in [-0.2, 0) is 28.6 Å². The lowest BCUT2D eigenvalue weighted by Crippen LogP contribution is -2.30. The van der Waals surface area contributed by atoms with E-state index in [0.29, 0.717) is 19.3 Å². The maximum atomic E-state index is 12.9. The molecule has 6 nitrogen and oxygen atoms in total. The highest BCUT2D eigenvalue weighted by molar-refractivity contribution is 5.71. The van der Waals surface area contributed by atoms with E-state index in [1.54, 1.807) is 0 Å². The van der Waals surface area contributed by atoms with E-state index in [-0.39, 0.29) is 31.1 Å². The smallest absolute Gasteiger partial charge is 0.306 e. The van der Waals surface area contributed by atoms with Crippen LogP contribution < -0.4 is 0 Å². The molecule has 0 saturated carbocycles. The first kappa shape index (κ1) is 72.8. The van der Waals surface area contributed by atoms with Crippen molar-refractivity contribution in [1.82, 2.24) is 0 Å². The van der Waals surface area contributed by atoms with Crippen molar-refractivity contribution in [3.05, 3.63) is 72.9 Å². The molecule has 0 saturated heterocycles. The highest BCUT2D eigenvalue weighted by atomic mass is 16.6. The van der Waals surface area contributed by atoms with Gasteiger partial charge in [-0.3, -0.25) is 14.4 Å². The van der Waals surface area contributed by atoms with Gasteiger partial charge in [0.05, 0.1) is 0 Å². The summed E-state index contributed by atoms with van der Waals surface area (Å²) in [6, 6.07) is 0. The van der Waals surface area contributed by atoms with Crippen molar-refractivity contribution in [3.63, 3.8) is 0 Å².